The van der Waals surface area contributed by atoms with Crippen LogP contribution in [0.4, 0.5) is 0 Å². The van der Waals surface area contributed by atoms with Crippen molar-refractivity contribution in [2.24, 2.45) is 0 Å². The van der Waals surface area contributed by atoms with Crippen molar-refractivity contribution in [1.82, 2.24) is 29.6 Å². The molecule has 2 atom stereocenters. The summed E-state index contributed by atoms with van der Waals surface area (Å²) < 4.78 is 1.97. The summed E-state index contributed by atoms with van der Waals surface area (Å²) in [5.74, 6) is 0.220. The molecule has 8 heteroatoms. The number of pyridine rings is 1. The highest BCUT2D eigenvalue weighted by molar-refractivity contribution is 5.94. The standard InChI is InChI=1S/C24H28N6O2/c1-2-30(23(31)22-27-19-9-3-4-10-20(19)28-22)18-8-7-12-24(32,14-18)25-15-17-16-29-13-6-5-11-21(29)26-17/h3-6,9-11,13,16,18,25,32H,2,7-8,12,14-15H2,1H3,(H,27,28)/t18-,24-/m0/s1. The molecule has 1 aliphatic carbocycles. The van der Waals surface area contributed by atoms with E-state index in [0.29, 0.717) is 31.8 Å². The number of benzene rings is 1. The fraction of sp³-hybridized carbons (Fsp3) is 0.375. The summed E-state index contributed by atoms with van der Waals surface area (Å²) >= 11 is 0. The number of aliphatic hydroxyl groups is 1. The van der Waals surface area contributed by atoms with Crippen molar-refractivity contribution < 1.29 is 9.90 Å². The second-order valence-electron chi connectivity index (χ2n) is 8.53. The maximum atomic E-state index is 13.3. The first kappa shape index (κ1) is 20.7. The van der Waals surface area contributed by atoms with E-state index in [1.54, 1.807) is 0 Å². The summed E-state index contributed by atoms with van der Waals surface area (Å²) in [5.41, 5.74) is 2.34. The van der Waals surface area contributed by atoms with Crippen LogP contribution in [0, 0.1) is 0 Å². The summed E-state index contributed by atoms with van der Waals surface area (Å²) in [7, 11) is 0. The molecule has 5 rings (SSSR count). The summed E-state index contributed by atoms with van der Waals surface area (Å²) in [6, 6.07) is 13.4. The van der Waals surface area contributed by atoms with Crippen LogP contribution in [0.15, 0.2) is 54.9 Å². The van der Waals surface area contributed by atoms with Crippen molar-refractivity contribution >= 4 is 22.6 Å². The van der Waals surface area contributed by atoms with Crippen LogP contribution < -0.4 is 5.32 Å². The number of fused-ring (bicyclic) bond motifs is 2. The molecule has 0 saturated heterocycles. The molecule has 8 nitrogen and oxygen atoms in total. The summed E-state index contributed by atoms with van der Waals surface area (Å²) in [5, 5.41) is 14.6. The highest BCUT2D eigenvalue weighted by Crippen LogP contribution is 2.30. The molecule has 4 aromatic rings. The topological polar surface area (TPSA) is 98.5 Å². The lowest BCUT2D eigenvalue weighted by atomic mass is 9.86. The predicted octanol–water partition coefficient (Wildman–Crippen LogP) is 3.09. The molecule has 3 N–H and O–H groups in total. The number of imidazole rings is 2. The van der Waals surface area contributed by atoms with E-state index in [-0.39, 0.29) is 11.9 Å². The van der Waals surface area contributed by atoms with Crippen LogP contribution >= 0.6 is 0 Å². The molecule has 1 aliphatic rings. The van der Waals surface area contributed by atoms with E-state index in [2.05, 4.69) is 20.3 Å². The first-order valence-corrected chi connectivity index (χ1v) is 11.2. The van der Waals surface area contributed by atoms with Crippen LogP contribution in [0.2, 0.25) is 0 Å². The Morgan fingerprint density at radius 1 is 1.28 bits per heavy atom. The van der Waals surface area contributed by atoms with Crippen LogP contribution in [-0.4, -0.2) is 53.6 Å². The lowest BCUT2D eigenvalue weighted by Crippen LogP contribution is -2.54. The zero-order valence-electron chi connectivity index (χ0n) is 18.2. The Kier molecular flexibility index (Phi) is 5.40. The molecule has 1 fully saturated rings. The molecule has 3 aromatic heterocycles. The first-order valence-electron chi connectivity index (χ1n) is 11.2. The second kappa shape index (κ2) is 8.37. The highest BCUT2D eigenvalue weighted by Gasteiger charge is 2.38. The molecule has 1 aromatic carbocycles. The molecule has 3 heterocycles. The van der Waals surface area contributed by atoms with E-state index >= 15 is 0 Å². The number of aromatic amines is 1. The lowest BCUT2D eigenvalue weighted by molar-refractivity contribution is -0.0538. The Labute approximate surface area is 186 Å². The van der Waals surface area contributed by atoms with E-state index in [1.165, 1.54) is 0 Å². The molecule has 0 spiro atoms. The zero-order chi connectivity index (χ0) is 22.1. The summed E-state index contributed by atoms with van der Waals surface area (Å²) in [6.07, 6.45) is 6.74. The fourth-order valence-electron chi connectivity index (χ4n) is 4.74. The number of rotatable bonds is 6. The number of hydrogen-bond donors (Lipinski definition) is 3. The first-order chi connectivity index (χ1) is 15.5. The number of amides is 1. The largest absolute Gasteiger partial charge is 0.376 e. The van der Waals surface area contributed by atoms with Crippen molar-refractivity contribution in [3.05, 3.63) is 66.4 Å². The zero-order valence-corrected chi connectivity index (χ0v) is 18.2. The van der Waals surface area contributed by atoms with E-state index in [0.717, 1.165) is 35.2 Å². The molecule has 0 unspecified atom stereocenters. The van der Waals surface area contributed by atoms with Gasteiger partial charge in [-0.1, -0.05) is 18.2 Å². The molecule has 0 aliphatic heterocycles. The van der Waals surface area contributed by atoms with Gasteiger partial charge in [0.1, 0.15) is 11.4 Å². The quantitative estimate of drug-likeness (QED) is 0.407. The van der Waals surface area contributed by atoms with Gasteiger partial charge in [-0.05, 0) is 50.5 Å². The number of aromatic nitrogens is 4. The van der Waals surface area contributed by atoms with E-state index < -0.39 is 5.72 Å². The Bertz CT molecular complexity index is 1180. The van der Waals surface area contributed by atoms with Gasteiger partial charge in [-0.25, -0.2) is 9.97 Å². The van der Waals surface area contributed by atoms with Gasteiger partial charge < -0.3 is 19.4 Å². The number of para-hydroxylation sites is 2. The Morgan fingerprint density at radius 2 is 2.12 bits per heavy atom. The SMILES string of the molecule is CCN(C(=O)c1nc2ccccc2[nH]1)[C@H]1CCC[C@@](O)(NCc2cn3ccccc3n2)C1. The maximum absolute atomic E-state index is 13.3. The fourth-order valence-corrected chi connectivity index (χ4v) is 4.74. The number of hydrogen-bond acceptors (Lipinski definition) is 5. The molecule has 1 saturated carbocycles. The molecule has 0 radical (unpaired) electrons. The normalized spacial score (nSPS) is 21.2. The minimum absolute atomic E-state index is 0.0620. The van der Waals surface area contributed by atoms with E-state index in [1.807, 2.05) is 71.1 Å². The number of nitrogens with zero attached hydrogens (tertiary/aromatic N) is 4. The minimum Gasteiger partial charge on any atom is -0.376 e. The van der Waals surface area contributed by atoms with Crippen LogP contribution in [0.1, 0.15) is 48.9 Å². The van der Waals surface area contributed by atoms with Gasteiger partial charge in [0.2, 0.25) is 0 Å². The maximum Gasteiger partial charge on any atom is 0.289 e. The monoisotopic (exact) mass is 432 g/mol. The number of nitrogens with one attached hydrogen (secondary N) is 2. The molecule has 166 valence electrons. The lowest BCUT2D eigenvalue weighted by Gasteiger charge is -2.41. The van der Waals surface area contributed by atoms with E-state index in [4.69, 9.17) is 0 Å². The summed E-state index contributed by atoms with van der Waals surface area (Å²) in [6.45, 7) is 3.00. The van der Waals surface area contributed by atoms with Crippen molar-refractivity contribution in [2.45, 2.75) is 50.9 Å². The third-order valence-corrected chi connectivity index (χ3v) is 6.35. The molecule has 0 bridgehead atoms. The average molecular weight is 433 g/mol. The number of carbonyl (C=O) groups excluding carboxylic acids is 1. The number of carbonyl (C=O) groups is 1. The smallest absolute Gasteiger partial charge is 0.289 e. The van der Waals surface area contributed by atoms with Crippen LogP contribution in [-0.2, 0) is 6.54 Å². The Morgan fingerprint density at radius 3 is 2.94 bits per heavy atom. The van der Waals surface area contributed by atoms with E-state index in [9.17, 15) is 9.90 Å². The predicted molar refractivity (Wildman–Crippen MR) is 122 cm³/mol. The van der Waals surface area contributed by atoms with Crippen LogP contribution in [0.25, 0.3) is 16.7 Å². The van der Waals surface area contributed by atoms with Crippen molar-refractivity contribution in [2.75, 3.05) is 6.54 Å². The average Bonchev–Trinajstić information content (AvgIpc) is 3.42. The van der Waals surface area contributed by atoms with Gasteiger partial charge in [0, 0.05) is 37.9 Å². The summed E-state index contributed by atoms with van der Waals surface area (Å²) in [4.78, 5) is 27.3. The van der Waals surface area contributed by atoms with Crippen LogP contribution in [0.5, 0.6) is 0 Å². The Hall–Kier alpha value is -3.23. The van der Waals surface area contributed by atoms with Crippen molar-refractivity contribution in [3.8, 4) is 0 Å². The molecule has 32 heavy (non-hydrogen) atoms. The Balaban J connectivity index is 1.29. The van der Waals surface area contributed by atoms with Gasteiger partial charge in [0.15, 0.2) is 5.82 Å². The van der Waals surface area contributed by atoms with Gasteiger partial charge in [0.25, 0.3) is 5.91 Å². The van der Waals surface area contributed by atoms with Gasteiger partial charge in [-0.15, -0.1) is 0 Å². The van der Waals surface area contributed by atoms with Gasteiger partial charge >= 0.3 is 0 Å². The molecular formula is C24H28N6O2. The second-order valence-corrected chi connectivity index (χ2v) is 8.53. The van der Waals surface area contributed by atoms with Crippen molar-refractivity contribution in [3.63, 3.8) is 0 Å². The van der Waals surface area contributed by atoms with Gasteiger partial charge in [0.05, 0.1) is 16.7 Å². The number of H-pyrrole nitrogens is 1. The molecule has 1 amide bonds. The molecular weight excluding hydrogens is 404 g/mol. The van der Waals surface area contributed by atoms with Gasteiger partial charge in [-0.2, -0.15) is 0 Å². The van der Waals surface area contributed by atoms with Crippen molar-refractivity contribution in [1.29, 1.82) is 0 Å². The van der Waals surface area contributed by atoms with Gasteiger partial charge in [-0.3, -0.25) is 10.1 Å². The highest BCUT2D eigenvalue weighted by atomic mass is 16.3. The minimum atomic E-state index is -1.04. The third kappa shape index (κ3) is 3.99. The third-order valence-electron chi connectivity index (χ3n) is 6.35. The van der Waals surface area contributed by atoms with Crippen LogP contribution in [0.3, 0.4) is 0 Å².